The molecule has 0 N–H and O–H groups in total. The number of nitrogens with zero attached hydrogens (tertiary/aromatic N) is 2. The van der Waals surface area contributed by atoms with Crippen LogP contribution in [-0.2, 0) is 26.0 Å². The number of amides is 1. The molecule has 164 valence electrons. The van der Waals surface area contributed by atoms with Crippen molar-refractivity contribution in [2.45, 2.75) is 37.2 Å². The lowest BCUT2D eigenvalue weighted by Gasteiger charge is -2.21. The number of ether oxygens (including phenoxy) is 1. The lowest BCUT2D eigenvalue weighted by molar-refractivity contribution is -0.138. The zero-order valence-electron chi connectivity index (χ0n) is 17.1. The molecule has 0 spiro atoms. The summed E-state index contributed by atoms with van der Waals surface area (Å²) in [5.74, 6) is -1.02. The van der Waals surface area contributed by atoms with Crippen LogP contribution in [0.2, 0.25) is 5.02 Å². The minimum atomic E-state index is -3.98. The summed E-state index contributed by atoms with van der Waals surface area (Å²) in [6.45, 7) is 3.13. The van der Waals surface area contributed by atoms with Crippen LogP contribution < -0.4 is 4.31 Å². The Morgan fingerprint density at radius 2 is 1.77 bits per heavy atom. The van der Waals surface area contributed by atoms with Crippen molar-refractivity contribution in [2.75, 3.05) is 23.9 Å². The van der Waals surface area contributed by atoms with E-state index in [1.54, 1.807) is 17.0 Å². The number of carbonyl (C=O) groups is 2. The first kappa shape index (κ1) is 21.6. The van der Waals surface area contributed by atoms with Crippen LogP contribution in [0.4, 0.5) is 5.69 Å². The number of halogens is 1. The van der Waals surface area contributed by atoms with Crippen LogP contribution >= 0.6 is 11.6 Å². The molecule has 1 saturated heterocycles. The first-order valence-corrected chi connectivity index (χ1v) is 12.0. The highest BCUT2D eigenvalue weighted by Crippen LogP contribution is 2.35. The summed E-state index contributed by atoms with van der Waals surface area (Å²) in [6.07, 6.45) is 1.52. The van der Waals surface area contributed by atoms with Gasteiger partial charge in [0.05, 0.1) is 16.3 Å². The van der Waals surface area contributed by atoms with Gasteiger partial charge in [0.15, 0.2) is 6.10 Å². The van der Waals surface area contributed by atoms with Crippen LogP contribution in [0.3, 0.4) is 0 Å². The fourth-order valence-electron chi connectivity index (χ4n) is 3.98. The Balaban J connectivity index is 1.57. The van der Waals surface area contributed by atoms with Gasteiger partial charge in [-0.05, 0) is 56.0 Å². The third-order valence-electron chi connectivity index (χ3n) is 5.63. The van der Waals surface area contributed by atoms with E-state index >= 15 is 0 Å². The molecule has 1 fully saturated rings. The zero-order valence-corrected chi connectivity index (χ0v) is 18.7. The normalized spacial score (nSPS) is 16.8. The van der Waals surface area contributed by atoms with E-state index in [4.69, 9.17) is 16.3 Å². The molecule has 1 unspecified atom stereocenters. The van der Waals surface area contributed by atoms with Crippen molar-refractivity contribution in [1.82, 2.24) is 4.90 Å². The van der Waals surface area contributed by atoms with Gasteiger partial charge in [-0.25, -0.2) is 13.2 Å². The first-order chi connectivity index (χ1) is 14.8. The number of benzene rings is 2. The maximum absolute atomic E-state index is 13.3. The predicted molar refractivity (Wildman–Crippen MR) is 117 cm³/mol. The number of esters is 1. The molecule has 2 aliphatic heterocycles. The fourth-order valence-corrected chi connectivity index (χ4v) is 5.98. The van der Waals surface area contributed by atoms with Crippen molar-refractivity contribution in [2.24, 2.45) is 0 Å². The summed E-state index contributed by atoms with van der Waals surface area (Å²) in [4.78, 5) is 26.5. The number of hydrogen-bond acceptors (Lipinski definition) is 5. The van der Waals surface area contributed by atoms with Crippen molar-refractivity contribution in [3.8, 4) is 0 Å². The van der Waals surface area contributed by atoms with Gasteiger partial charge in [-0.15, -0.1) is 0 Å². The number of anilines is 1. The van der Waals surface area contributed by atoms with E-state index in [0.29, 0.717) is 31.7 Å². The van der Waals surface area contributed by atoms with E-state index < -0.39 is 22.1 Å². The molecule has 4 rings (SSSR count). The summed E-state index contributed by atoms with van der Waals surface area (Å²) in [7, 11) is -3.98. The molecule has 0 aromatic heterocycles. The summed E-state index contributed by atoms with van der Waals surface area (Å²) in [5, 5.41) is 0.0159. The van der Waals surface area contributed by atoms with Crippen LogP contribution in [0.1, 0.15) is 35.7 Å². The Bertz CT molecular complexity index is 1130. The number of likely N-dealkylation sites (tertiary alicyclic amines) is 1. The predicted octanol–water partition coefficient (Wildman–Crippen LogP) is 3.26. The second-order valence-corrected chi connectivity index (χ2v) is 9.92. The fraction of sp³-hybridized carbons (Fsp3) is 0.364. The Morgan fingerprint density at radius 1 is 1.06 bits per heavy atom. The average molecular weight is 463 g/mol. The third-order valence-corrected chi connectivity index (χ3v) is 7.92. The summed E-state index contributed by atoms with van der Waals surface area (Å²) in [6, 6.07) is 11.3. The molecule has 9 heteroatoms. The SMILES string of the molecule is CC(OC(=O)c1ccc(Cl)c(S(=O)(=O)N2CCc3ccccc32)c1)C(=O)N1CCCC1. The standard InChI is InChI=1S/C22H23ClN2O5S/c1-15(21(26)24-11-4-5-12-24)30-22(27)17-8-9-18(23)20(14-17)31(28,29)25-13-10-16-6-2-3-7-19(16)25/h2-3,6-9,14-15H,4-5,10-13H2,1H3. The van der Waals surface area contributed by atoms with Crippen LogP contribution in [0.15, 0.2) is 47.4 Å². The zero-order chi connectivity index (χ0) is 22.2. The lowest BCUT2D eigenvalue weighted by Crippen LogP contribution is -2.38. The molecule has 2 heterocycles. The molecule has 1 atom stereocenters. The van der Waals surface area contributed by atoms with Crippen LogP contribution in [0.5, 0.6) is 0 Å². The van der Waals surface area contributed by atoms with Gasteiger partial charge in [0.1, 0.15) is 4.90 Å². The molecule has 2 aliphatic rings. The quantitative estimate of drug-likeness (QED) is 0.637. The van der Waals surface area contributed by atoms with Crippen molar-refractivity contribution >= 4 is 39.2 Å². The van der Waals surface area contributed by atoms with Gasteiger partial charge in [-0.3, -0.25) is 9.10 Å². The average Bonchev–Trinajstić information content (AvgIpc) is 3.43. The van der Waals surface area contributed by atoms with Gasteiger partial charge in [-0.1, -0.05) is 29.8 Å². The Kier molecular flexibility index (Phi) is 5.94. The van der Waals surface area contributed by atoms with Crippen LogP contribution in [-0.4, -0.2) is 50.9 Å². The van der Waals surface area contributed by atoms with E-state index in [9.17, 15) is 18.0 Å². The molecule has 1 amide bonds. The molecular weight excluding hydrogens is 440 g/mol. The van der Waals surface area contributed by atoms with Crippen LogP contribution in [0.25, 0.3) is 0 Å². The van der Waals surface area contributed by atoms with E-state index in [2.05, 4.69) is 0 Å². The minimum absolute atomic E-state index is 0.0159. The van der Waals surface area contributed by atoms with Crippen molar-refractivity contribution in [3.05, 3.63) is 58.6 Å². The summed E-state index contributed by atoms with van der Waals surface area (Å²) >= 11 is 6.21. The molecular formula is C22H23ClN2O5S. The molecule has 0 bridgehead atoms. The Morgan fingerprint density at radius 3 is 2.52 bits per heavy atom. The molecule has 31 heavy (non-hydrogen) atoms. The lowest BCUT2D eigenvalue weighted by atomic mass is 10.2. The summed E-state index contributed by atoms with van der Waals surface area (Å²) in [5.41, 5.74) is 1.57. The van der Waals surface area contributed by atoms with Gasteiger partial charge in [-0.2, -0.15) is 0 Å². The van der Waals surface area contributed by atoms with Crippen molar-refractivity contribution < 1.29 is 22.7 Å². The van der Waals surface area contributed by atoms with Crippen LogP contribution in [0, 0.1) is 0 Å². The van der Waals surface area contributed by atoms with E-state index in [0.717, 1.165) is 18.4 Å². The second-order valence-electron chi connectivity index (χ2n) is 7.68. The molecule has 7 nitrogen and oxygen atoms in total. The first-order valence-electron chi connectivity index (χ1n) is 10.2. The monoisotopic (exact) mass is 462 g/mol. The highest BCUT2D eigenvalue weighted by Gasteiger charge is 2.33. The largest absolute Gasteiger partial charge is 0.449 e. The van der Waals surface area contributed by atoms with E-state index in [1.165, 1.54) is 29.4 Å². The van der Waals surface area contributed by atoms with Gasteiger partial charge in [0.2, 0.25) is 0 Å². The number of hydrogen-bond donors (Lipinski definition) is 0. The van der Waals surface area contributed by atoms with Crippen molar-refractivity contribution in [1.29, 1.82) is 0 Å². The maximum atomic E-state index is 13.3. The molecule has 2 aromatic rings. The summed E-state index contributed by atoms with van der Waals surface area (Å²) < 4.78 is 33.3. The number of rotatable bonds is 5. The Hall–Kier alpha value is -2.58. The second kappa shape index (κ2) is 8.51. The smallest absolute Gasteiger partial charge is 0.338 e. The van der Waals surface area contributed by atoms with E-state index in [-0.39, 0.29) is 21.4 Å². The van der Waals surface area contributed by atoms with Crippen molar-refractivity contribution in [3.63, 3.8) is 0 Å². The molecule has 2 aromatic carbocycles. The van der Waals surface area contributed by atoms with E-state index in [1.807, 2.05) is 12.1 Å². The molecule has 0 radical (unpaired) electrons. The molecule has 0 aliphatic carbocycles. The minimum Gasteiger partial charge on any atom is -0.449 e. The van der Waals surface area contributed by atoms with Gasteiger partial charge in [0.25, 0.3) is 15.9 Å². The number of carbonyl (C=O) groups excluding carboxylic acids is 2. The van der Waals surface area contributed by atoms with Gasteiger partial charge in [0, 0.05) is 19.6 Å². The Labute approximate surface area is 186 Å². The van der Waals surface area contributed by atoms with Gasteiger partial charge < -0.3 is 9.64 Å². The maximum Gasteiger partial charge on any atom is 0.338 e. The number of fused-ring (bicyclic) bond motifs is 1. The highest BCUT2D eigenvalue weighted by molar-refractivity contribution is 7.93. The number of sulfonamides is 1. The topological polar surface area (TPSA) is 84.0 Å². The number of para-hydroxylation sites is 1. The highest BCUT2D eigenvalue weighted by atomic mass is 35.5. The third kappa shape index (κ3) is 4.14. The molecule has 0 saturated carbocycles. The van der Waals surface area contributed by atoms with Gasteiger partial charge >= 0.3 is 5.97 Å².